The number of aryl methyl sites for hydroxylation is 1. The lowest BCUT2D eigenvalue weighted by Crippen LogP contribution is -2.33. The van der Waals surface area contributed by atoms with Crippen LogP contribution in [0.1, 0.15) is 42.9 Å². The van der Waals surface area contributed by atoms with E-state index in [1.165, 1.54) is 24.3 Å². The Morgan fingerprint density at radius 1 is 1.62 bits per heavy atom. The highest BCUT2D eigenvalue weighted by atomic mass is 32.1. The molecule has 16 heavy (non-hydrogen) atoms. The summed E-state index contributed by atoms with van der Waals surface area (Å²) in [5, 5.41) is 6.78. The normalized spacial score (nSPS) is 23.2. The summed E-state index contributed by atoms with van der Waals surface area (Å²) in [6.07, 6.45) is 4.11. The van der Waals surface area contributed by atoms with Crippen molar-refractivity contribution in [2.45, 2.75) is 45.3 Å². The van der Waals surface area contributed by atoms with Gasteiger partial charge in [0, 0.05) is 24.2 Å². The molecule has 1 aromatic heterocycles. The fourth-order valence-electron chi connectivity index (χ4n) is 1.93. The summed E-state index contributed by atoms with van der Waals surface area (Å²) < 4.78 is 5.69. The smallest absolute Gasteiger partial charge is 0.110 e. The van der Waals surface area contributed by atoms with Crippen molar-refractivity contribution in [1.29, 1.82) is 0 Å². The van der Waals surface area contributed by atoms with Crippen molar-refractivity contribution in [3.8, 4) is 0 Å². The molecule has 0 radical (unpaired) electrons. The Bertz CT molecular complexity index is 321. The van der Waals surface area contributed by atoms with Crippen molar-refractivity contribution in [3.05, 3.63) is 16.1 Å². The number of hydrogen-bond acceptors (Lipinski definition) is 4. The average molecular weight is 240 g/mol. The van der Waals surface area contributed by atoms with E-state index >= 15 is 0 Å². The first-order valence-electron chi connectivity index (χ1n) is 6.02. The first-order valence-corrected chi connectivity index (χ1v) is 6.90. The van der Waals surface area contributed by atoms with Gasteiger partial charge >= 0.3 is 0 Å². The third-order valence-corrected chi connectivity index (χ3v) is 4.08. The Balaban J connectivity index is 1.76. The summed E-state index contributed by atoms with van der Waals surface area (Å²) in [7, 11) is 0. The molecule has 0 aromatic carbocycles. The van der Waals surface area contributed by atoms with Crippen LogP contribution in [0.4, 0.5) is 0 Å². The molecule has 1 N–H and O–H groups in total. The SMILES string of the molecule is Cc1csc(C(C)NCC2CCCCO2)n1. The number of thiazole rings is 1. The zero-order chi connectivity index (χ0) is 11.4. The number of hydrogen-bond donors (Lipinski definition) is 1. The van der Waals surface area contributed by atoms with Gasteiger partial charge in [-0.15, -0.1) is 11.3 Å². The Labute approximate surface area is 101 Å². The number of nitrogens with zero attached hydrogens (tertiary/aromatic N) is 1. The standard InChI is InChI=1S/C12H20N2OS/c1-9-8-16-12(14-9)10(2)13-7-11-5-3-4-6-15-11/h8,10-11,13H,3-7H2,1-2H3. The summed E-state index contributed by atoms with van der Waals surface area (Å²) in [5.41, 5.74) is 1.11. The predicted molar refractivity (Wildman–Crippen MR) is 66.9 cm³/mol. The van der Waals surface area contributed by atoms with E-state index in [0.29, 0.717) is 12.1 Å². The molecule has 2 unspecified atom stereocenters. The second-order valence-corrected chi connectivity index (χ2v) is 5.34. The van der Waals surface area contributed by atoms with E-state index in [0.717, 1.165) is 18.8 Å². The molecule has 2 heterocycles. The first kappa shape index (κ1) is 12.0. The number of ether oxygens (including phenoxy) is 1. The molecule has 0 bridgehead atoms. The maximum absolute atomic E-state index is 5.69. The average Bonchev–Trinajstić information content (AvgIpc) is 2.74. The van der Waals surface area contributed by atoms with Gasteiger partial charge in [0.05, 0.1) is 12.1 Å². The second-order valence-electron chi connectivity index (χ2n) is 4.45. The van der Waals surface area contributed by atoms with E-state index in [2.05, 4.69) is 22.6 Å². The van der Waals surface area contributed by atoms with Gasteiger partial charge in [-0.05, 0) is 33.1 Å². The van der Waals surface area contributed by atoms with Crippen molar-refractivity contribution in [2.24, 2.45) is 0 Å². The van der Waals surface area contributed by atoms with Gasteiger partial charge in [-0.25, -0.2) is 4.98 Å². The van der Waals surface area contributed by atoms with Crippen LogP contribution >= 0.6 is 11.3 Å². The Hall–Kier alpha value is -0.450. The van der Waals surface area contributed by atoms with Crippen molar-refractivity contribution in [2.75, 3.05) is 13.2 Å². The molecule has 2 atom stereocenters. The first-order chi connectivity index (χ1) is 7.75. The third kappa shape index (κ3) is 3.27. The molecule has 1 aliphatic rings. The van der Waals surface area contributed by atoms with Crippen molar-refractivity contribution < 1.29 is 4.74 Å². The van der Waals surface area contributed by atoms with E-state index in [9.17, 15) is 0 Å². The van der Waals surface area contributed by atoms with Crippen LogP contribution in [0.2, 0.25) is 0 Å². The molecule has 1 aliphatic heterocycles. The highest BCUT2D eigenvalue weighted by molar-refractivity contribution is 7.09. The van der Waals surface area contributed by atoms with Gasteiger partial charge in [0.1, 0.15) is 5.01 Å². The molecule has 0 saturated carbocycles. The van der Waals surface area contributed by atoms with E-state index in [1.54, 1.807) is 11.3 Å². The monoisotopic (exact) mass is 240 g/mol. The third-order valence-electron chi connectivity index (χ3n) is 2.93. The zero-order valence-corrected chi connectivity index (χ0v) is 10.8. The van der Waals surface area contributed by atoms with Crippen LogP contribution in [0.15, 0.2) is 5.38 Å². The van der Waals surface area contributed by atoms with Crippen LogP contribution in [0, 0.1) is 6.92 Å². The molecule has 1 aromatic rings. The molecular formula is C12H20N2OS. The Morgan fingerprint density at radius 2 is 2.50 bits per heavy atom. The molecule has 0 aliphatic carbocycles. The highest BCUT2D eigenvalue weighted by Crippen LogP contribution is 2.18. The minimum Gasteiger partial charge on any atom is -0.377 e. The Morgan fingerprint density at radius 3 is 3.12 bits per heavy atom. The summed E-state index contributed by atoms with van der Waals surface area (Å²) >= 11 is 1.73. The molecule has 1 saturated heterocycles. The maximum atomic E-state index is 5.69. The van der Waals surface area contributed by atoms with Gasteiger partial charge in [-0.1, -0.05) is 0 Å². The van der Waals surface area contributed by atoms with E-state index in [-0.39, 0.29) is 0 Å². The molecule has 90 valence electrons. The van der Waals surface area contributed by atoms with Crippen molar-refractivity contribution >= 4 is 11.3 Å². The minimum absolute atomic E-state index is 0.337. The Kier molecular flexibility index (Phi) is 4.32. The van der Waals surface area contributed by atoms with Gasteiger partial charge < -0.3 is 10.1 Å². The summed E-state index contributed by atoms with van der Waals surface area (Å²) in [6.45, 7) is 6.08. The molecule has 4 heteroatoms. The van der Waals surface area contributed by atoms with Gasteiger partial charge in [-0.2, -0.15) is 0 Å². The molecule has 2 rings (SSSR count). The molecular weight excluding hydrogens is 220 g/mol. The van der Waals surface area contributed by atoms with Crippen LogP contribution in [0.5, 0.6) is 0 Å². The fourth-order valence-corrected chi connectivity index (χ4v) is 2.76. The summed E-state index contributed by atoms with van der Waals surface area (Å²) in [5.74, 6) is 0. The quantitative estimate of drug-likeness (QED) is 0.878. The molecule has 0 spiro atoms. The van der Waals surface area contributed by atoms with Crippen molar-refractivity contribution in [1.82, 2.24) is 10.3 Å². The number of rotatable bonds is 4. The van der Waals surface area contributed by atoms with Crippen LogP contribution in [-0.4, -0.2) is 24.2 Å². The van der Waals surface area contributed by atoms with E-state index in [4.69, 9.17) is 4.74 Å². The maximum Gasteiger partial charge on any atom is 0.110 e. The van der Waals surface area contributed by atoms with Gasteiger partial charge in [-0.3, -0.25) is 0 Å². The lowest BCUT2D eigenvalue weighted by atomic mass is 10.1. The van der Waals surface area contributed by atoms with Gasteiger partial charge in [0.25, 0.3) is 0 Å². The highest BCUT2D eigenvalue weighted by Gasteiger charge is 2.16. The fraction of sp³-hybridized carbons (Fsp3) is 0.750. The van der Waals surface area contributed by atoms with E-state index < -0.39 is 0 Å². The van der Waals surface area contributed by atoms with E-state index in [1.807, 2.05) is 6.92 Å². The van der Waals surface area contributed by atoms with Gasteiger partial charge in [0.15, 0.2) is 0 Å². The lowest BCUT2D eigenvalue weighted by molar-refractivity contribution is 0.0156. The lowest BCUT2D eigenvalue weighted by Gasteiger charge is -2.24. The molecule has 1 fully saturated rings. The summed E-state index contributed by atoms with van der Waals surface area (Å²) in [4.78, 5) is 4.49. The largest absolute Gasteiger partial charge is 0.377 e. The zero-order valence-electron chi connectivity index (χ0n) is 10.0. The molecule has 0 amide bonds. The second kappa shape index (κ2) is 5.75. The van der Waals surface area contributed by atoms with Crippen LogP contribution in [0.3, 0.4) is 0 Å². The van der Waals surface area contributed by atoms with Gasteiger partial charge in [0.2, 0.25) is 0 Å². The topological polar surface area (TPSA) is 34.1 Å². The number of aromatic nitrogens is 1. The predicted octanol–water partition coefficient (Wildman–Crippen LogP) is 2.67. The summed E-state index contributed by atoms with van der Waals surface area (Å²) in [6, 6.07) is 0.337. The minimum atomic E-state index is 0.337. The van der Waals surface area contributed by atoms with Crippen LogP contribution in [-0.2, 0) is 4.74 Å². The number of nitrogens with one attached hydrogen (secondary N) is 1. The van der Waals surface area contributed by atoms with Crippen molar-refractivity contribution in [3.63, 3.8) is 0 Å². The molecule has 3 nitrogen and oxygen atoms in total. The van der Waals surface area contributed by atoms with Crippen LogP contribution < -0.4 is 5.32 Å². The van der Waals surface area contributed by atoms with Crippen LogP contribution in [0.25, 0.3) is 0 Å².